The SMILES string of the molecule is COc1cc(C)nc(NC2COc3ccccc32)n1. The zero-order valence-corrected chi connectivity index (χ0v) is 10.9. The van der Waals surface area contributed by atoms with E-state index in [4.69, 9.17) is 9.47 Å². The van der Waals surface area contributed by atoms with Crippen molar-refractivity contribution >= 4 is 5.95 Å². The van der Waals surface area contributed by atoms with Crippen LogP contribution in [0.1, 0.15) is 17.3 Å². The van der Waals surface area contributed by atoms with Crippen molar-refractivity contribution < 1.29 is 9.47 Å². The second-order valence-corrected chi connectivity index (χ2v) is 4.42. The molecule has 0 radical (unpaired) electrons. The Labute approximate surface area is 111 Å². The molecule has 0 bridgehead atoms. The predicted molar refractivity (Wildman–Crippen MR) is 71.6 cm³/mol. The molecule has 0 fully saturated rings. The highest BCUT2D eigenvalue weighted by Gasteiger charge is 2.24. The highest BCUT2D eigenvalue weighted by Crippen LogP contribution is 2.33. The molecule has 3 rings (SSSR count). The van der Waals surface area contributed by atoms with Gasteiger partial charge in [0.2, 0.25) is 11.8 Å². The molecule has 98 valence electrons. The van der Waals surface area contributed by atoms with E-state index in [0.29, 0.717) is 18.4 Å². The van der Waals surface area contributed by atoms with Gasteiger partial charge >= 0.3 is 0 Å². The first-order chi connectivity index (χ1) is 9.26. The number of benzene rings is 1. The average molecular weight is 257 g/mol. The molecule has 5 nitrogen and oxygen atoms in total. The summed E-state index contributed by atoms with van der Waals surface area (Å²) in [6.07, 6.45) is 0. The van der Waals surface area contributed by atoms with E-state index in [1.807, 2.05) is 31.2 Å². The lowest BCUT2D eigenvalue weighted by Crippen LogP contribution is -2.14. The Kier molecular flexibility index (Phi) is 2.95. The van der Waals surface area contributed by atoms with Gasteiger partial charge in [-0.1, -0.05) is 18.2 Å². The highest BCUT2D eigenvalue weighted by atomic mass is 16.5. The largest absolute Gasteiger partial charge is 0.491 e. The number of hydrogen-bond donors (Lipinski definition) is 1. The number of methoxy groups -OCH3 is 1. The number of fused-ring (bicyclic) bond motifs is 1. The number of nitrogens with zero attached hydrogens (tertiary/aromatic N) is 2. The molecule has 1 unspecified atom stereocenters. The number of anilines is 1. The molecule has 1 atom stereocenters. The van der Waals surface area contributed by atoms with Gasteiger partial charge in [0.05, 0.1) is 13.2 Å². The summed E-state index contributed by atoms with van der Waals surface area (Å²) in [4.78, 5) is 8.65. The minimum atomic E-state index is 0.0720. The first-order valence-electron chi connectivity index (χ1n) is 6.14. The maximum Gasteiger partial charge on any atom is 0.226 e. The van der Waals surface area contributed by atoms with Gasteiger partial charge in [0.15, 0.2) is 0 Å². The molecule has 2 aromatic rings. The molecular weight excluding hydrogens is 242 g/mol. The van der Waals surface area contributed by atoms with Crippen molar-refractivity contribution in [2.24, 2.45) is 0 Å². The first-order valence-corrected chi connectivity index (χ1v) is 6.14. The van der Waals surface area contributed by atoms with Crippen LogP contribution < -0.4 is 14.8 Å². The van der Waals surface area contributed by atoms with Gasteiger partial charge in [-0.3, -0.25) is 0 Å². The standard InChI is InChI=1S/C14H15N3O2/c1-9-7-13(18-2)17-14(15-9)16-11-8-19-12-6-4-3-5-10(11)12/h3-7,11H,8H2,1-2H3,(H,15,16,17). The molecule has 0 spiro atoms. The number of para-hydroxylation sites is 1. The van der Waals surface area contributed by atoms with Gasteiger partial charge in [0.25, 0.3) is 0 Å². The predicted octanol–water partition coefficient (Wildman–Crippen LogP) is 2.34. The second-order valence-electron chi connectivity index (χ2n) is 4.42. The summed E-state index contributed by atoms with van der Waals surface area (Å²) in [5, 5.41) is 3.29. The van der Waals surface area contributed by atoms with Gasteiger partial charge in [-0.05, 0) is 13.0 Å². The van der Waals surface area contributed by atoms with Gasteiger partial charge in [0, 0.05) is 17.3 Å². The topological polar surface area (TPSA) is 56.3 Å². The Hall–Kier alpha value is -2.30. The summed E-state index contributed by atoms with van der Waals surface area (Å²) in [5.74, 6) is 2.03. The van der Waals surface area contributed by atoms with Crippen LogP contribution in [0, 0.1) is 6.92 Å². The number of aryl methyl sites for hydroxylation is 1. The van der Waals surface area contributed by atoms with E-state index in [2.05, 4.69) is 15.3 Å². The Bertz CT molecular complexity index is 601. The fourth-order valence-corrected chi connectivity index (χ4v) is 2.15. The van der Waals surface area contributed by atoms with Crippen molar-refractivity contribution in [1.82, 2.24) is 9.97 Å². The van der Waals surface area contributed by atoms with Crippen molar-refractivity contribution in [2.75, 3.05) is 19.0 Å². The summed E-state index contributed by atoms with van der Waals surface area (Å²) >= 11 is 0. The molecule has 0 saturated carbocycles. The smallest absolute Gasteiger partial charge is 0.226 e. The number of aromatic nitrogens is 2. The van der Waals surface area contributed by atoms with Crippen LogP contribution in [-0.2, 0) is 0 Å². The average Bonchev–Trinajstić information content (AvgIpc) is 2.82. The molecule has 0 saturated heterocycles. The summed E-state index contributed by atoms with van der Waals surface area (Å²) in [6.45, 7) is 2.49. The summed E-state index contributed by atoms with van der Waals surface area (Å²) in [6, 6.07) is 9.85. The Morgan fingerprint density at radius 3 is 3.00 bits per heavy atom. The van der Waals surface area contributed by atoms with Crippen LogP contribution in [0.4, 0.5) is 5.95 Å². The van der Waals surface area contributed by atoms with Gasteiger partial charge in [-0.15, -0.1) is 0 Å². The van der Waals surface area contributed by atoms with Crippen LogP contribution >= 0.6 is 0 Å². The van der Waals surface area contributed by atoms with E-state index in [0.717, 1.165) is 17.0 Å². The van der Waals surface area contributed by atoms with Crippen LogP contribution in [0.5, 0.6) is 11.6 Å². The van der Waals surface area contributed by atoms with Crippen molar-refractivity contribution in [3.8, 4) is 11.6 Å². The van der Waals surface area contributed by atoms with Crippen LogP contribution in [-0.4, -0.2) is 23.7 Å². The van der Waals surface area contributed by atoms with Crippen molar-refractivity contribution in [3.63, 3.8) is 0 Å². The maximum absolute atomic E-state index is 5.62. The molecule has 0 amide bonds. The number of nitrogens with one attached hydrogen (secondary N) is 1. The molecule has 1 N–H and O–H groups in total. The molecule has 1 aromatic heterocycles. The minimum absolute atomic E-state index is 0.0720. The number of ether oxygens (including phenoxy) is 2. The van der Waals surface area contributed by atoms with Crippen LogP contribution in [0.25, 0.3) is 0 Å². The van der Waals surface area contributed by atoms with E-state index < -0.39 is 0 Å². The van der Waals surface area contributed by atoms with Gasteiger partial charge in [0.1, 0.15) is 12.4 Å². The fraction of sp³-hybridized carbons (Fsp3) is 0.286. The minimum Gasteiger partial charge on any atom is -0.491 e. The third-order valence-corrected chi connectivity index (χ3v) is 3.04. The summed E-state index contributed by atoms with van der Waals surface area (Å²) in [7, 11) is 1.60. The normalized spacial score (nSPS) is 16.6. The lowest BCUT2D eigenvalue weighted by Gasteiger charge is -2.12. The molecule has 1 aliphatic rings. The quantitative estimate of drug-likeness (QED) is 0.914. The van der Waals surface area contributed by atoms with Gasteiger partial charge in [-0.2, -0.15) is 4.98 Å². The number of rotatable bonds is 3. The molecule has 0 aliphatic carbocycles. The molecule has 1 aromatic carbocycles. The van der Waals surface area contributed by atoms with Gasteiger partial charge < -0.3 is 14.8 Å². The van der Waals surface area contributed by atoms with E-state index in [1.54, 1.807) is 13.2 Å². The number of hydrogen-bond acceptors (Lipinski definition) is 5. The van der Waals surface area contributed by atoms with E-state index >= 15 is 0 Å². The van der Waals surface area contributed by atoms with Crippen LogP contribution in [0.3, 0.4) is 0 Å². The highest BCUT2D eigenvalue weighted by molar-refractivity contribution is 5.44. The molecule has 19 heavy (non-hydrogen) atoms. The molecule has 1 aliphatic heterocycles. The van der Waals surface area contributed by atoms with E-state index in [-0.39, 0.29) is 6.04 Å². The lowest BCUT2D eigenvalue weighted by atomic mass is 10.1. The Morgan fingerprint density at radius 2 is 2.16 bits per heavy atom. The zero-order valence-electron chi connectivity index (χ0n) is 10.9. The molecular formula is C14H15N3O2. The molecule has 2 heterocycles. The Balaban J connectivity index is 1.85. The third kappa shape index (κ3) is 2.31. The first kappa shape index (κ1) is 11.8. The fourth-order valence-electron chi connectivity index (χ4n) is 2.15. The Morgan fingerprint density at radius 1 is 1.32 bits per heavy atom. The van der Waals surface area contributed by atoms with E-state index in [9.17, 15) is 0 Å². The second kappa shape index (κ2) is 4.76. The lowest BCUT2D eigenvalue weighted by molar-refractivity contribution is 0.339. The van der Waals surface area contributed by atoms with Crippen molar-refractivity contribution in [2.45, 2.75) is 13.0 Å². The maximum atomic E-state index is 5.62. The monoisotopic (exact) mass is 257 g/mol. The van der Waals surface area contributed by atoms with E-state index in [1.165, 1.54) is 0 Å². The van der Waals surface area contributed by atoms with Gasteiger partial charge in [-0.25, -0.2) is 4.98 Å². The van der Waals surface area contributed by atoms with Crippen molar-refractivity contribution in [3.05, 3.63) is 41.6 Å². The van der Waals surface area contributed by atoms with Crippen LogP contribution in [0.15, 0.2) is 30.3 Å². The van der Waals surface area contributed by atoms with Crippen LogP contribution in [0.2, 0.25) is 0 Å². The molecule has 5 heteroatoms. The summed E-state index contributed by atoms with van der Waals surface area (Å²) < 4.78 is 10.8. The third-order valence-electron chi connectivity index (χ3n) is 3.04. The van der Waals surface area contributed by atoms with Crippen molar-refractivity contribution in [1.29, 1.82) is 0 Å². The summed E-state index contributed by atoms with van der Waals surface area (Å²) in [5.41, 5.74) is 1.99. The zero-order chi connectivity index (χ0) is 13.2.